The Morgan fingerprint density at radius 2 is 1.89 bits per heavy atom. The van der Waals surface area contributed by atoms with Gasteiger partial charge in [-0.1, -0.05) is 13.8 Å². The molecule has 1 aliphatic rings. The first kappa shape index (κ1) is 15.5. The largest absolute Gasteiger partial charge is 0.368 e. The van der Waals surface area contributed by atoms with Crippen LogP contribution < -0.4 is 5.73 Å². The predicted octanol–water partition coefficient (Wildman–Crippen LogP) is 4.74. The third-order valence-corrected chi connectivity index (χ3v) is 5.51. The zero-order valence-electron chi connectivity index (χ0n) is 11.9. The molecule has 0 spiro atoms. The van der Waals surface area contributed by atoms with Crippen molar-refractivity contribution in [2.45, 2.75) is 58.3 Å². The quantitative estimate of drug-likeness (QED) is 0.855. The van der Waals surface area contributed by atoms with Crippen LogP contribution in [-0.2, 0) is 4.74 Å². The molecule has 0 aliphatic heterocycles. The molecule has 0 radical (unpaired) electrons. The average Bonchev–Trinajstić information content (AvgIpc) is 2.70. The van der Waals surface area contributed by atoms with Gasteiger partial charge in [-0.2, -0.15) is 0 Å². The molecule has 1 heterocycles. The van der Waals surface area contributed by atoms with E-state index in [4.69, 9.17) is 10.5 Å². The van der Waals surface area contributed by atoms with E-state index in [0.717, 1.165) is 15.6 Å². The lowest BCUT2D eigenvalue weighted by atomic mass is 9.81. The third-order valence-electron chi connectivity index (χ3n) is 3.83. The molecule has 19 heavy (non-hydrogen) atoms. The number of thiophene rings is 1. The minimum Gasteiger partial charge on any atom is -0.368 e. The molecule has 1 aromatic rings. The van der Waals surface area contributed by atoms with Crippen molar-refractivity contribution in [1.82, 2.24) is 0 Å². The number of hydrogen-bond acceptors (Lipinski definition) is 3. The lowest BCUT2D eigenvalue weighted by Crippen LogP contribution is -2.33. The lowest BCUT2D eigenvalue weighted by Gasteiger charge is -2.34. The summed E-state index contributed by atoms with van der Waals surface area (Å²) in [6.45, 7) is 6.69. The van der Waals surface area contributed by atoms with Crippen molar-refractivity contribution in [2.75, 3.05) is 0 Å². The van der Waals surface area contributed by atoms with E-state index < -0.39 is 0 Å². The van der Waals surface area contributed by atoms with Gasteiger partial charge in [0.1, 0.15) is 6.10 Å². The van der Waals surface area contributed by atoms with Gasteiger partial charge in [-0.05, 0) is 66.1 Å². The molecule has 2 rings (SSSR count). The van der Waals surface area contributed by atoms with Crippen LogP contribution in [0.5, 0.6) is 0 Å². The summed E-state index contributed by atoms with van der Waals surface area (Å²) in [5, 5.41) is 0. The summed E-state index contributed by atoms with van der Waals surface area (Å²) in [4.78, 5) is 1.23. The molecule has 4 unspecified atom stereocenters. The SMILES string of the molecule is CC1CC(C)CC(OC(c2ccc(Br)s2)C(C)N)C1. The minimum absolute atomic E-state index is 0.0260. The monoisotopic (exact) mass is 345 g/mol. The Bertz CT molecular complexity index is 397. The standard InChI is InChI=1S/C15H24BrNOS/c1-9-6-10(2)8-12(7-9)18-15(11(3)17)13-4-5-14(16)19-13/h4-5,9-12,15H,6-8,17H2,1-3H3. The van der Waals surface area contributed by atoms with Gasteiger partial charge in [0, 0.05) is 10.9 Å². The lowest BCUT2D eigenvalue weighted by molar-refractivity contribution is -0.0570. The molecule has 1 aliphatic carbocycles. The summed E-state index contributed by atoms with van der Waals surface area (Å²) in [6, 6.07) is 4.22. The van der Waals surface area contributed by atoms with Crippen molar-refractivity contribution in [3.05, 3.63) is 20.8 Å². The van der Waals surface area contributed by atoms with E-state index in [1.807, 2.05) is 6.92 Å². The van der Waals surface area contributed by atoms with Crippen LogP contribution in [0.1, 0.15) is 51.0 Å². The van der Waals surface area contributed by atoms with Gasteiger partial charge in [0.15, 0.2) is 0 Å². The van der Waals surface area contributed by atoms with E-state index in [9.17, 15) is 0 Å². The van der Waals surface area contributed by atoms with Crippen LogP contribution in [0.15, 0.2) is 15.9 Å². The Kier molecular flexibility index (Phi) is 5.46. The summed E-state index contributed by atoms with van der Waals surface area (Å²) in [7, 11) is 0. The highest BCUT2D eigenvalue weighted by Crippen LogP contribution is 2.36. The molecule has 2 N–H and O–H groups in total. The fourth-order valence-corrected chi connectivity index (χ4v) is 4.70. The number of nitrogens with two attached hydrogens (primary N) is 1. The van der Waals surface area contributed by atoms with Crippen molar-refractivity contribution in [1.29, 1.82) is 0 Å². The van der Waals surface area contributed by atoms with Crippen LogP contribution in [0.4, 0.5) is 0 Å². The van der Waals surface area contributed by atoms with Crippen LogP contribution >= 0.6 is 27.3 Å². The molecule has 108 valence electrons. The molecule has 4 atom stereocenters. The van der Waals surface area contributed by atoms with Crippen molar-refractivity contribution in [2.24, 2.45) is 17.6 Å². The molecule has 0 amide bonds. The van der Waals surface area contributed by atoms with Crippen molar-refractivity contribution >= 4 is 27.3 Å². The second-order valence-corrected chi connectivity index (χ2v) is 8.59. The maximum Gasteiger partial charge on any atom is 0.107 e. The van der Waals surface area contributed by atoms with Gasteiger partial charge in [0.2, 0.25) is 0 Å². The fourth-order valence-electron chi connectivity index (χ4n) is 3.12. The topological polar surface area (TPSA) is 35.2 Å². The average molecular weight is 346 g/mol. The zero-order chi connectivity index (χ0) is 14.0. The third kappa shape index (κ3) is 4.28. The van der Waals surface area contributed by atoms with E-state index in [0.29, 0.717) is 6.10 Å². The van der Waals surface area contributed by atoms with Gasteiger partial charge < -0.3 is 10.5 Å². The van der Waals surface area contributed by atoms with E-state index in [2.05, 4.69) is 41.9 Å². The molecule has 4 heteroatoms. The van der Waals surface area contributed by atoms with Crippen LogP contribution in [0.3, 0.4) is 0 Å². The van der Waals surface area contributed by atoms with Crippen LogP contribution in [-0.4, -0.2) is 12.1 Å². The summed E-state index contributed by atoms with van der Waals surface area (Å²) < 4.78 is 7.50. The Labute approximate surface area is 128 Å². The van der Waals surface area contributed by atoms with Gasteiger partial charge in [-0.3, -0.25) is 0 Å². The number of rotatable bonds is 4. The zero-order valence-corrected chi connectivity index (χ0v) is 14.3. The Morgan fingerprint density at radius 1 is 1.26 bits per heavy atom. The van der Waals surface area contributed by atoms with Crippen molar-refractivity contribution in [3.8, 4) is 0 Å². The molecule has 1 fully saturated rings. The fraction of sp³-hybridized carbons (Fsp3) is 0.733. The number of halogens is 1. The molecule has 2 nitrogen and oxygen atoms in total. The van der Waals surface area contributed by atoms with Gasteiger partial charge in [-0.25, -0.2) is 0 Å². The molecule has 0 bridgehead atoms. The summed E-state index contributed by atoms with van der Waals surface area (Å²) in [5.74, 6) is 1.52. The molecule has 1 aromatic heterocycles. The molecule has 0 aromatic carbocycles. The highest BCUT2D eigenvalue weighted by Gasteiger charge is 2.29. The van der Waals surface area contributed by atoms with Crippen molar-refractivity contribution in [3.63, 3.8) is 0 Å². The van der Waals surface area contributed by atoms with Crippen LogP contribution in [0, 0.1) is 11.8 Å². The molecular weight excluding hydrogens is 322 g/mol. The molecular formula is C15H24BrNOS. The maximum atomic E-state index is 6.36. The Morgan fingerprint density at radius 3 is 2.37 bits per heavy atom. The highest BCUT2D eigenvalue weighted by atomic mass is 79.9. The summed E-state index contributed by atoms with van der Waals surface area (Å²) in [5.41, 5.74) is 6.13. The first-order chi connectivity index (χ1) is 8.95. The second-order valence-electron chi connectivity index (χ2n) is 6.10. The molecule has 0 saturated heterocycles. The van der Waals surface area contributed by atoms with E-state index in [1.165, 1.54) is 24.1 Å². The molecule has 1 saturated carbocycles. The first-order valence-corrected chi connectivity index (χ1v) is 8.73. The van der Waals surface area contributed by atoms with Gasteiger partial charge >= 0.3 is 0 Å². The number of hydrogen-bond donors (Lipinski definition) is 1. The summed E-state index contributed by atoms with van der Waals surface area (Å²) in [6.07, 6.45) is 4.04. The van der Waals surface area contributed by atoms with Crippen molar-refractivity contribution < 1.29 is 4.74 Å². The van der Waals surface area contributed by atoms with E-state index in [-0.39, 0.29) is 12.1 Å². The minimum atomic E-state index is 0.0260. The smallest absolute Gasteiger partial charge is 0.107 e. The Hall–Kier alpha value is 0.1000. The van der Waals surface area contributed by atoms with E-state index in [1.54, 1.807) is 11.3 Å². The van der Waals surface area contributed by atoms with Crippen LogP contribution in [0.2, 0.25) is 0 Å². The van der Waals surface area contributed by atoms with E-state index >= 15 is 0 Å². The van der Waals surface area contributed by atoms with Crippen LogP contribution in [0.25, 0.3) is 0 Å². The maximum absolute atomic E-state index is 6.36. The Balaban J connectivity index is 2.04. The summed E-state index contributed by atoms with van der Waals surface area (Å²) >= 11 is 5.24. The second kappa shape index (κ2) is 6.70. The first-order valence-electron chi connectivity index (χ1n) is 7.12. The highest BCUT2D eigenvalue weighted by molar-refractivity contribution is 9.11. The van der Waals surface area contributed by atoms with Gasteiger partial charge in [0.25, 0.3) is 0 Å². The predicted molar refractivity (Wildman–Crippen MR) is 85.5 cm³/mol. The normalized spacial score (nSPS) is 31.1. The van der Waals surface area contributed by atoms with Gasteiger partial charge in [-0.15, -0.1) is 11.3 Å². The number of ether oxygens (including phenoxy) is 1. The van der Waals surface area contributed by atoms with Gasteiger partial charge in [0.05, 0.1) is 9.89 Å².